The number of methoxy groups -OCH3 is 1. The second-order valence-electron chi connectivity index (χ2n) is 2.21. The van der Waals surface area contributed by atoms with Crippen LogP contribution >= 0.6 is 0 Å². The van der Waals surface area contributed by atoms with Gasteiger partial charge in [0.2, 0.25) is 0 Å². The highest BCUT2D eigenvalue weighted by atomic mass is 32.2. The molecule has 0 bridgehead atoms. The van der Waals surface area contributed by atoms with Crippen molar-refractivity contribution in [3.05, 3.63) is 0 Å². The molecule has 6 nitrogen and oxygen atoms in total. The molecule has 0 aliphatic rings. The molecular weight excluding hydrogens is 196 g/mol. The summed E-state index contributed by atoms with van der Waals surface area (Å²) in [6.07, 6.45) is 0. The first kappa shape index (κ1) is 12.3. The smallest absolute Gasteiger partial charge is 0.321 e. The molecule has 0 radical (unpaired) electrons. The van der Waals surface area contributed by atoms with Crippen LogP contribution in [0, 0.1) is 0 Å². The Labute approximate surface area is 78.0 Å². The highest BCUT2D eigenvalue weighted by Gasteiger charge is 2.20. The topological polar surface area (TPSA) is 75.7 Å². The molecule has 0 aromatic heterocycles. The number of hydrogen-bond acceptors (Lipinski definition) is 4. The number of carbonyl (C=O) groups excluding carboxylic acids is 1. The molecule has 0 fully saturated rings. The summed E-state index contributed by atoms with van der Waals surface area (Å²) in [6.45, 7) is 1.59. The van der Waals surface area contributed by atoms with Crippen molar-refractivity contribution in [1.29, 1.82) is 0 Å². The largest absolute Gasteiger partial charge is 0.468 e. The van der Waals surface area contributed by atoms with E-state index < -0.39 is 16.2 Å². The van der Waals surface area contributed by atoms with E-state index in [2.05, 4.69) is 9.46 Å². The van der Waals surface area contributed by atoms with Crippen LogP contribution in [-0.4, -0.2) is 45.9 Å². The molecule has 0 spiro atoms. The van der Waals surface area contributed by atoms with Crippen molar-refractivity contribution < 1.29 is 17.9 Å². The van der Waals surface area contributed by atoms with Crippen LogP contribution < -0.4 is 4.72 Å². The van der Waals surface area contributed by atoms with Gasteiger partial charge in [0, 0.05) is 13.6 Å². The second kappa shape index (κ2) is 5.15. The lowest BCUT2D eigenvalue weighted by Crippen LogP contribution is -2.42. The van der Waals surface area contributed by atoms with Gasteiger partial charge in [0.25, 0.3) is 10.2 Å². The molecule has 0 aromatic rings. The average Bonchev–Trinajstić information content (AvgIpc) is 2.13. The summed E-state index contributed by atoms with van der Waals surface area (Å²) in [6, 6.07) is 0. The first-order valence-corrected chi connectivity index (χ1v) is 5.17. The van der Waals surface area contributed by atoms with Crippen molar-refractivity contribution in [2.24, 2.45) is 0 Å². The van der Waals surface area contributed by atoms with Crippen LogP contribution in [0.2, 0.25) is 0 Å². The molecule has 0 atom stereocenters. The van der Waals surface area contributed by atoms with E-state index in [1.165, 1.54) is 14.2 Å². The zero-order valence-electron chi connectivity index (χ0n) is 7.90. The average molecular weight is 210 g/mol. The van der Waals surface area contributed by atoms with Crippen LogP contribution in [0.1, 0.15) is 6.92 Å². The van der Waals surface area contributed by atoms with Gasteiger partial charge in [0.05, 0.1) is 7.11 Å². The number of carbonyl (C=O) groups is 1. The number of nitrogens with zero attached hydrogens (tertiary/aromatic N) is 1. The van der Waals surface area contributed by atoms with E-state index in [1.807, 2.05) is 0 Å². The van der Waals surface area contributed by atoms with E-state index in [-0.39, 0.29) is 13.1 Å². The van der Waals surface area contributed by atoms with E-state index in [0.717, 1.165) is 4.31 Å². The molecule has 0 rings (SSSR count). The van der Waals surface area contributed by atoms with Gasteiger partial charge >= 0.3 is 5.97 Å². The van der Waals surface area contributed by atoms with Gasteiger partial charge in [-0.2, -0.15) is 12.7 Å². The van der Waals surface area contributed by atoms with E-state index >= 15 is 0 Å². The Morgan fingerprint density at radius 3 is 2.38 bits per heavy atom. The Balaban J connectivity index is 4.44. The third-order valence-corrected chi connectivity index (χ3v) is 3.07. The summed E-state index contributed by atoms with van der Waals surface area (Å²) in [5, 5.41) is 0. The maximum atomic E-state index is 11.2. The Hall–Kier alpha value is -0.660. The maximum absolute atomic E-state index is 11.2. The van der Waals surface area contributed by atoms with Gasteiger partial charge < -0.3 is 4.74 Å². The second-order valence-corrected chi connectivity index (χ2v) is 4.09. The van der Waals surface area contributed by atoms with Crippen LogP contribution in [0.3, 0.4) is 0 Å². The number of esters is 1. The fourth-order valence-electron chi connectivity index (χ4n) is 0.704. The molecule has 0 aromatic carbocycles. The van der Waals surface area contributed by atoms with Gasteiger partial charge in [-0.25, -0.2) is 4.72 Å². The zero-order chi connectivity index (χ0) is 10.5. The summed E-state index contributed by atoms with van der Waals surface area (Å²) in [5.41, 5.74) is 0. The number of hydrogen-bond donors (Lipinski definition) is 1. The van der Waals surface area contributed by atoms with Crippen LogP contribution in [0.5, 0.6) is 0 Å². The van der Waals surface area contributed by atoms with Gasteiger partial charge in [-0.05, 0) is 0 Å². The van der Waals surface area contributed by atoms with E-state index in [4.69, 9.17) is 0 Å². The van der Waals surface area contributed by atoms with E-state index in [0.29, 0.717) is 0 Å². The van der Waals surface area contributed by atoms with Crippen LogP contribution in [-0.2, 0) is 19.7 Å². The van der Waals surface area contributed by atoms with Gasteiger partial charge in [-0.1, -0.05) is 6.92 Å². The number of likely N-dealkylation sites (N-methyl/N-ethyl adjacent to an activating group) is 1. The third-order valence-electron chi connectivity index (χ3n) is 1.48. The molecule has 0 amide bonds. The highest BCUT2D eigenvalue weighted by Crippen LogP contribution is 1.96. The maximum Gasteiger partial charge on any atom is 0.321 e. The first-order valence-electron chi connectivity index (χ1n) is 3.73. The lowest BCUT2D eigenvalue weighted by molar-refractivity contribution is -0.140. The van der Waals surface area contributed by atoms with Crippen molar-refractivity contribution in [3.63, 3.8) is 0 Å². The summed E-state index contributed by atoms with van der Waals surface area (Å²) in [5.74, 6) is -0.583. The minimum atomic E-state index is -3.53. The Morgan fingerprint density at radius 1 is 1.54 bits per heavy atom. The monoisotopic (exact) mass is 210 g/mol. The Morgan fingerprint density at radius 2 is 2.08 bits per heavy atom. The minimum Gasteiger partial charge on any atom is -0.468 e. The molecule has 0 saturated carbocycles. The van der Waals surface area contributed by atoms with Crippen molar-refractivity contribution >= 4 is 16.2 Å². The SMILES string of the molecule is CCN(CC(=O)OC)S(=O)(=O)NC. The number of ether oxygens (including phenoxy) is 1. The summed E-state index contributed by atoms with van der Waals surface area (Å²) >= 11 is 0. The van der Waals surface area contributed by atoms with Crippen LogP contribution in [0.15, 0.2) is 0 Å². The summed E-state index contributed by atoms with van der Waals surface area (Å²) in [7, 11) is -1.04. The molecule has 0 aliphatic carbocycles. The van der Waals surface area contributed by atoms with E-state index in [1.54, 1.807) is 6.92 Å². The van der Waals surface area contributed by atoms with Crippen molar-refractivity contribution in [2.45, 2.75) is 6.92 Å². The van der Waals surface area contributed by atoms with Crippen molar-refractivity contribution in [3.8, 4) is 0 Å². The molecule has 0 aliphatic heterocycles. The highest BCUT2D eigenvalue weighted by molar-refractivity contribution is 7.87. The summed E-state index contributed by atoms with van der Waals surface area (Å²) in [4.78, 5) is 10.8. The fourth-order valence-corrected chi connectivity index (χ4v) is 1.58. The molecule has 1 N–H and O–H groups in total. The summed E-state index contributed by atoms with van der Waals surface area (Å²) < 4.78 is 29.8. The lowest BCUT2D eigenvalue weighted by Gasteiger charge is -2.17. The van der Waals surface area contributed by atoms with Gasteiger partial charge in [-0.15, -0.1) is 0 Å². The van der Waals surface area contributed by atoms with E-state index in [9.17, 15) is 13.2 Å². The normalized spacial score (nSPS) is 11.7. The molecule has 0 unspecified atom stereocenters. The van der Waals surface area contributed by atoms with Gasteiger partial charge in [0.15, 0.2) is 0 Å². The Kier molecular flexibility index (Phi) is 4.89. The first-order chi connectivity index (χ1) is 5.97. The minimum absolute atomic E-state index is 0.221. The molecule has 0 heterocycles. The number of nitrogens with one attached hydrogen (secondary N) is 1. The molecule has 0 saturated heterocycles. The van der Waals surface area contributed by atoms with Gasteiger partial charge in [-0.3, -0.25) is 4.79 Å². The predicted octanol–water partition coefficient (Wildman–Crippen LogP) is -1.05. The quantitative estimate of drug-likeness (QED) is 0.587. The number of rotatable bonds is 5. The lowest BCUT2D eigenvalue weighted by atomic mass is 10.6. The van der Waals surface area contributed by atoms with Crippen molar-refractivity contribution in [2.75, 3.05) is 27.2 Å². The van der Waals surface area contributed by atoms with Crippen LogP contribution in [0.4, 0.5) is 0 Å². The molecule has 78 valence electrons. The molecule has 13 heavy (non-hydrogen) atoms. The van der Waals surface area contributed by atoms with Crippen molar-refractivity contribution in [1.82, 2.24) is 9.03 Å². The zero-order valence-corrected chi connectivity index (χ0v) is 8.72. The molecule has 7 heteroatoms. The Bertz CT molecular complexity index is 262. The molecular formula is C6H14N2O4S. The predicted molar refractivity (Wildman–Crippen MR) is 47.2 cm³/mol. The fraction of sp³-hybridized carbons (Fsp3) is 0.833. The van der Waals surface area contributed by atoms with Crippen LogP contribution in [0.25, 0.3) is 0 Å². The third kappa shape index (κ3) is 3.71. The standard InChI is InChI=1S/C6H14N2O4S/c1-4-8(5-6(9)12-3)13(10,11)7-2/h7H,4-5H2,1-3H3. The van der Waals surface area contributed by atoms with Gasteiger partial charge in [0.1, 0.15) is 6.54 Å².